The number of hydrogen-bond acceptors (Lipinski definition) is 6. The lowest BCUT2D eigenvalue weighted by atomic mass is 9.71. The van der Waals surface area contributed by atoms with Crippen LogP contribution in [0.1, 0.15) is 74.9 Å². The van der Waals surface area contributed by atoms with Crippen LogP contribution in [0, 0.1) is 0 Å². The van der Waals surface area contributed by atoms with E-state index in [4.69, 9.17) is 0 Å². The molecular formula is C75H48F18S6. The molecule has 0 unspecified atom stereocenters. The summed E-state index contributed by atoms with van der Waals surface area (Å²) < 4.78 is 281. The maximum absolute atomic E-state index is 16.4. The number of hydrogen-bond donors (Lipinski definition) is 0. The molecule has 0 saturated heterocycles. The second kappa shape index (κ2) is 20.6. The molecule has 4 aromatic carbocycles. The van der Waals surface area contributed by atoms with E-state index >= 15 is 79.0 Å². The van der Waals surface area contributed by atoms with E-state index in [2.05, 4.69) is 0 Å². The summed E-state index contributed by atoms with van der Waals surface area (Å²) in [6.07, 6.45) is 16.2. The third kappa shape index (κ3) is 8.24. The van der Waals surface area contributed by atoms with Crippen LogP contribution in [-0.4, -0.2) is 81.8 Å². The Morgan fingerprint density at radius 2 is 0.434 bits per heavy atom. The van der Waals surface area contributed by atoms with E-state index in [9.17, 15) is 0 Å². The highest BCUT2D eigenvalue weighted by atomic mass is 32.2. The first-order chi connectivity index (χ1) is 46.0. The van der Waals surface area contributed by atoms with Crippen molar-refractivity contribution in [2.75, 3.05) is 0 Å². The number of fused-ring (bicyclic) bond motifs is 12. The van der Waals surface area contributed by atoms with E-state index in [1.807, 2.05) is 0 Å². The van der Waals surface area contributed by atoms with E-state index in [-0.39, 0.29) is 48.1 Å². The molecule has 0 spiro atoms. The minimum Gasteiger partial charge on any atom is -0.194 e. The lowest BCUT2D eigenvalue weighted by molar-refractivity contribution is -0.258. The summed E-state index contributed by atoms with van der Waals surface area (Å²) in [6, 6.07) is 29.9. The van der Waals surface area contributed by atoms with Gasteiger partial charge in [-0.1, -0.05) is 109 Å². The molecule has 12 aliphatic rings. The first kappa shape index (κ1) is 67.3. The molecule has 6 aliphatic carbocycles. The van der Waals surface area contributed by atoms with Crippen LogP contribution in [-0.2, 0) is 0 Å². The zero-order valence-corrected chi connectivity index (χ0v) is 57.0. The normalized spacial score (nSPS) is 33.6. The molecule has 510 valence electrons. The second-order valence-corrected chi connectivity index (χ2v) is 35.8. The van der Waals surface area contributed by atoms with Crippen LogP contribution in [0.3, 0.4) is 0 Å². The molecular weight excluding hydrogens is 1440 g/mol. The van der Waals surface area contributed by atoms with Crippen LogP contribution in [0.15, 0.2) is 245 Å². The highest BCUT2D eigenvalue weighted by molar-refractivity contribution is 8.13. The van der Waals surface area contributed by atoms with E-state index in [1.165, 1.54) is 93.7 Å². The first-order valence-corrected chi connectivity index (χ1v) is 35.7. The highest BCUT2D eigenvalue weighted by Gasteiger charge is 2.87. The Morgan fingerprint density at radius 1 is 0.242 bits per heavy atom. The molecule has 0 bridgehead atoms. The maximum Gasteiger partial charge on any atom is 0.380 e. The molecule has 3 fully saturated rings. The number of alkyl halides is 18. The van der Waals surface area contributed by atoms with Crippen LogP contribution in [0.5, 0.6) is 0 Å². The van der Waals surface area contributed by atoms with Gasteiger partial charge >= 0.3 is 53.3 Å². The van der Waals surface area contributed by atoms with E-state index in [1.54, 1.807) is 130 Å². The summed E-state index contributed by atoms with van der Waals surface area (Å²) in [5.41, 5.74) is -8.93. The second-order valence-electron chi connectivity index (χ2n) is 26.9. The first-order valence-electron chi connectivity index (χ1n) is 30.8. The topological polar surface area (TPSA) is 0 Å². The van der Waals surface area contributed by atoms with Gasteiger partial charge in [-0.2, -0.15) is 79.0 Å². The van der Waals surface area contributed by atoms with Gasteiger partial charge in [0.05, 0.1) is 28.5 Å². The zero-order chi connectivity index (χ0) is 70.8. The van der Waals surface area contributed by atoms with E-state index in [0.29, 0.717) is 31.4 Å². The fourth-order valence-electron chi connectivity index (χ4n) is 15.8. The van der Waals surface area contributed by atoms with Gasteiger partial charge in [0.15, 0.2) is 0 Å². The summed E-state index contributed by atoms with van der Waals surface area (Å²) >= 11 is 6.14. The molecule has 0 radical (unpaired) electrons. The van der Waals surface area contributed by atoms with Crippen molar-refractivity contribution in [1.82, 2.24) is 0 Å². The summed E-state index contributed by atoms with van der Waals surface area (Å²) in [5, 5.41) is 0. The van der Waals surface area contributed by atoms with Crippen molar-refractivity contribution >= 4 is 104 Å². The molecule has 24 heteroatoms. The molecule has 16 rings (SSSR count). The number of allylic oxidation sites excluding steroid dienone is 15. The molecule has 4 aromatic rings. The Hall–Kier alpha value is -6.18. The number of thioether (sulfide) groups is 6. The van der Waals surface area contributed by atoms with Gasteiger partial charge in [-0.05, 0) is 181 Å². The van der Waals surface area contributed by atoms with Crippen LogP contribution < -0.4 is 0 Å². The monoisotopic (exact) mass is 1480 g/mol. The fraction of sp³-hybridized carbons (Fsp3) is 0.280. The Bertz CT molecular complexity index is 4420. The minimum atomic E-state index is -5.84. The van der Waals surface area contributed by atoms with Gasteiger partial charge in [0, 0.05) is 62.9 Å². The number of halogens is 18. The van der Waals surface area contributed by atoms with Crippen molar-refractivity contribution in [2.24, 2.45) is 0 Å². The molecule has 3 saturated carbocycles. The van der Waals surface area contributed by atoms with Gasteiger partial charge in [-0.15, -0.1) is 70.6 Å². The van der Waals surface area contributed by atoms with E-state index in [0.717, 1.165) is 70.6 Å². The summed E-state index contributed by atoms with van der Waals surface area (Å²) in [7, 11) is 0. The SMILES string of the molecule is C[C@]12SC(/C=C/c3cc(/C=C/C4=CC5=C6C(=C7C=C(c8ccccc8)S[C@]7(C)[C@@]5(C)S4)C(F)(F)C(F)(F)C6(F)F)cc(/C=C/C4=CC5=C6C(=C7C=C(c8ccccc8)S[C@]7(C)[C@@]5(C)S4)C(F)(F)C(F)(F)C6(F)F)c3)=CC1=C1C(=C3C=C(c4ccccc4)S[C@@]32C)C(F)(F)C(F)(F)C1(F)F. The Labute approximate surface area is 581 Å². The Kier molecular flexibility index (Phi) is 14.0. The molecule has 6 aliphatic heterocycles. The zero-order valence-electron chi connectivity index (χ0n) is 52.1. The summed E-state index contributed by atoms with van der Waals surface area (Å²) in [4.78, 5) is 1.63. The van der Waals surface area contributed by atoms with Crippen molar-refractivity contribution in [3.8, 4) is 0 Å². The Balaban J connectivity index is 0.810. The smallest absolute Gasteiger partial charge is 0.194 e. The molecule has 6 heterocycles. The van der Waals surface area contributed by atoms with Crippen molar-refractivity contribution in [2.45, 2.75) is 123 Å². The van der Waals surface area contributed by atoms with Gasteiger partial charge in [0.2, 0.25) is 0 Å². The van der Waals surface area contributed by atoms with Gasteiger partial charge in [0.1, 0.15) is 0 Å². The van der Waals surface area contributed by atoms with Gasteiger partial charge in [-0.25, -0.2) is 0 Å². The predicted molar refractivity (Wildman–Crippen MR) is 364 cm³/mol. The maximum atomic E-state index is 16.4. The average molecular weight is 1480 g/mol. The van der Waals surface area contributed by atoms with Gasteiger partial charge < -0.3 is 0 Å². The van der Waals surface area contributed by atoms with Crippen LogP contribution in [0.2, 0.25) is 0 Å². The molecule has 6 atom stereocenters. The van der Waals surface area contributed by atoms with Crippen molar-refractivity contribution in [3.05, 3.63) is 279 Å². The predicted octanol–water partition coefficient (Wildman–Crippen LogP) is 24.1. The Morgan fingerprint density at radius 3 is 0.646 bits per heavy atom. The van der Waals surface area contributed by atoms with Crippen LogP contribution in [0.25, 0.3) is 32.9 Å². The lowest BCUT2D eigenvalue weighted by Gasteiger charge is -2.47. The van der Waals surface area contributed by atoms with Crippen LogP contribution in [0.4, 0.5) is 79.0 Å². The average Bonchev–Trinajstić information content (AvgIpc) is 1.51. The molecule has 0 aromatic heterocycles. The largest absolute Gasteiger partial charge is 0.380 e. The lowest BCUT2D eigenvalue weighted by Crippen LogP contribution is -2.48. The van der Waals surface area contributed by atoms with Gasteiger partial charge in [-0.3, -0.25) is 0 Å². The van der Waals surface area contributed by atoms with Gasteiger partial charge in [0.25, 0.3) is 0 Å². The van der Waals surface area contributed by atoms with Crippen LogP contribution >= 0.6 is 70.6 Å². The molecule has 99 heavy (non-hydrogen) atoms. The van der Waals surface area contributed by atoms with E-state index < -0.39 is 132 Å². The van der Waals surface area contributed by atoms with Crippen molar-refractivity contribution in [1.29, 1.82) is 0 Å². The standard InChI is InChI=1S/C75H48F18S6/c1-61-46(55-58(70(82,83)73(88,89)67(55,76)77)49-34-52(97-64(49,61)4)40-16-10-7-11-17-40)31-43(94-61)25-22-37-28-38(23-26-44-32-47-56-59(71(84,85)74(90,91)68(56,78)79)50-35-53(41-18-12-8-13-19-41)98-65(50,5)62(47,2)95-44)30-39(29-37)24-27-45-33-48-57-60(72(86,87)75(92,93)69(57,80)81)51-36-54(42-20-14-9-15-21-42)99-66(51,6)63(48,3)96-45/h7-36H,1-6H3/b25-22+,26-23+,27-24+/t61-,62-,63-,64-,65-,66-/m0/s1. The van der Waals surface area contributed by atoms with Crippen molar-refractivity contribution in [3.63, 3.8) is 0 Å². The molecule has 0 N–H and O–H groups in total. The third-order valence-corrected chi connectivity index (χ3v) is 31.3. The fourth-order valence-corrected chi connectivity index (χ4v) is 25.0. The quantitative estimate of drug-likeness (QED) is 0.152. The summed E-state index contributed by atoms with van der Waals surface area (Å²) in [6.45, 7) is 9.19. The molecule has 0 nitrogen and oxygen atoms in total. The number of rotatable bonds is 9. The minimum absolute atomic E-state index is 0.171. The highest BCUT2D eigenvalue weighted by Crippen LogP contribution is 2.79. The number of benzene rings is 4. The van der Waals surface area contributed by atoms with Crippen molar-refractivity contribution < 1.29 is 79.0 Å². The summed E-state index contributed by atoms with van der Waals surface area (Å²) in [5.74, 6) is -49.5. The molecule has 0 amide bonds. The third-order valence-electron chi connectivity index (χ3n) is 21.5.